The number of ether oxygens (including phenoxy) is 2. The number of hydrogen-bond donors (Lipinski definition) is 0. The van der Waals surface area contributed by atoms with Gasteiger partial charge in [-0.25, -0.2) is 0 Å². The van der Waals surface area contributed by atoms with E-state index in [0.717, 1.165) is 11.3 Å². The Morgan fingerprint density at radius 3 is 2.68 bits per heavy atom. The van der Waals surface area contributed by atoms with Gasteiger partial charge in [0.05, 0.1) is 18.6 Å². The van der Waals surface area contributed by atoms with Gasteiger partial charge in [-0.05, 0) is 24.1 Å². The number of benzene rings is 2. The number of hydrogen-bond acceptors (Lipinski definition) is 3. The molecule has 0 bridgehead atoms. The zero-order valence-corrected chi connectivity index (χ0v) is 12.9. The van der Waals surface area contributed by atoms with Crippen molar-refractivity contribution in [3.63, 3.8) is 0 Å². The van der Waals surface area contributed by atoms with Crippen LogP contribution in [0.4, 0.5) is 0 Å². The molecular weight excluding hydrogens is 276 g/mol. The van der Waals surface area contributed by atoms with Gasteiger partial charge in [-0.3, -0.25) is 4.79 Å². The Labute approximate surface area is 130 Å². The number of ketones is 1. The van der Waals surface area contributed by atoms with Gasteiger partial charge in [0.15, 0.2) is 5.78 Å². The molecule has 1 unspecified atom stereocenters. The first kappa shape index (κ1) is 14.6. The second kappa shape index (κ2) is 6.22. The zero-order chi connectivity index (χ0) is 15.5. The Morgan fingerprint density at radius 2 is 1.86 bits per heavy atom. The fourth-order valence-electron chi connectivity index (χ4n) is 2.58. The summed E-state index contributed by atoms with van der Waals surface area (Å²) in [4.78, 5) is 12.3. The number of carbonyl (C=O) groups is 1. The molecule has 3 heteroatoms. The van der Waals surface area contributed by atoms with E-state index in [4.69, 9.17) is 9.47 Å². The van der Waals surface area contributed by atoms with E-state index in [1.807, 2.05) is 48.5 Å². The summed E-state index contributed by atoms with van der Waals surface area (Å²) in [6, 6.07) is 15.2. The molecule has 0 spiro atoms. The normalized spacial score (nSPS) is 17.0. The van der Waals surface area contributed by atoms with Crippen molar-refractivity contribution in [2.75, 3.05) is 6.61 Å². The van der Waals surface area contributed by atoms with Crippen molar-refractivity contribution in [2.45, 2.75) is 26.4 Å². The summed E-state index contributed by atoms with van der Waals surface area (Å²) in [5.74, 6) is 2.02. The average molecular weight is 296 g/mol. The smallest absolute Gasteiger partial charge is 0.170 e. The molecule has 2 aromatic carbocycles. The number of rotatable bonds is 4. The fourth-order valence-corrected chi connectivity index (χ4v) is 2.58. The van der Waals surface area contributed by atoms with Crippen LogP contribution >= 0.6 is 0 Å². The van der Waals surface area contributed by atoms with Gasteiger partial charge >= 0.3 is 0 Å². The molecule has 3 rings (SSSR count). The molecule has 0 aliphatic carbocycles. The van der Waals surface area contributed by atoms with Gasteiger partial charge in [-0.1, -0.05) is 44.2 Å². The minimum Gasteiger partial charge on any atom is -0.493 e. The third kappa shape index (κ3) is 2.98. The first-order chi connectivity index (χ1) is 10.6. The van der Waals surface area contributed by atoms with Gasteiger partial charge in [0.25, 0.3) is 0 Å². The fraction of sp³-hybridized carbons (Fsp3) is 0.316. The number of Topliss-reactive ketones (excluding diaryl/α,β-unsaturated/α-hetero) is 1. The summed E-state index contributed by atoms with van der Waals surface area (Å²) < 4.78 is 11.9. The van der Waals surface area contributed by atoms with Crippen LogP contribution < -0.4 is 9.47 Å². The Balaban J connectivity index is 1.88. The molecule has 3 nitrogen and oxygen atoms in total. The molecule has 0 amide bonds. The molecule has 114 valence electrons. The first-order valence-electron chi connectivity index (χ1n) is 7.65. The molecule has 2 aromatic rings. The van der Waals surface area contributed by atoms with Crippen molar-refractivity contribution in [3.8, 4) is 11.5 Å². The number of para-hydroxylation sites is 2. The Morgan fingerprint density at radius 1 is 1.14 bits per heavy atom. The van der Waals surface area contributed by atoms with E-state index in [-0.39, 0.29) is 11.9 Å². The predicted molar refractivity (Wildman–Crippen MR) is 85.5 cm³/mol. The molecule has 0 saturated carbocycles. The highest BCUT2D eigenvalue weighted by atomic mass is 16.5. The van der Waals surface area contributed by atoms with Crippen LogP contribution in [-0.4, -0.2) is 12.4 Å². The maximum absolute atomic E-state index is 12.3. The largest absolute Gasteiger partial charge is 0.493 e. The van der Waals surface area contributed by atoms with Crippen molar-refractivity contribution in [3.05, 3.63) is 59.7 Å². The Hall–Kier alpha value is -2.29. The molecule has 1 aliphatic rings. The van der Waals surface area contributed by atoms with Crippen LogP contribution in [0.25, 0.3) is 0 Å². The number of fused-ring (bicyclic) bond motifs is 1. The van der Waals surface area contributed by atoms with Crippen LogP contribution in [0.5, 0.6) is 11.5 Å². The monoisotopic (exact) mass is 296 g/mol. The van der Waals surface area contributed by atoms with Crippen molar-refractivity contribution < 1.29 is 14.3 Å². The molecule has 0 saturated heterocycles. The Bertz CT molecular complexity index is 676. The van der Waals surface area contributed by atoms with Crippen LogP contribution in [0.2, 0.25) is 0 Å². The molecule has 0 aromatic heterocycles. The summed E-state index contributed by atoms with van der Waals surface area (Å²) >= 11 is 0. The minimum absolute atomic E-state index is 0.116. The van der Waals surface area contributed by atoms with Gasteiger partial charge in [0.1, 0.15) is 17.6 Å². The van der Waals surface area contributed by atoms with Gasteiger partial charge < -0.3 is 9.47 Å². The number of carbonyl (C=O) groups excluding carboxylic acids is 1. The average Bonchev–Trinajstić information content (AvgIpc) is 2.53. The van der Waals surface area contributed by atoms with Crippen LogP contribution in [0.3, 0.4) is 0 Å². The minimum atomic E-state index is -0.286. The lowest BCUT2D eigenvalue weighted by Crippen LogP contribution is -2.21. The molecule has 0 radical (unpaired) electrons. The second-order valence-corrected chi connectivity index (χ2v) is 5.97. The zero-order valence-electron chi connectivity index (χ0n) is 12.9. The lowest BCUT2D eigenvalue weighted by molar-refractivity contribution is 0.0845. The van der Waals surface area contributed by atoms with Crippen molar-refractivity contribution in [1.82, 2.24) is 0 Å². The topological polar surface area (TPSA) is 35.5 Å². The molecular formula is C19H20O3. The summed E-state index contributed by atoms with van der Waals surface area (Å²) in [7, 11) is 0. The third-order valence-electron chi connectivity index (χ3n) is 3.67. The second-order valence-electron chi connectivity index (χ2n) is 5.97. The molecule has 0 N–H and O–H groups in total. The Kier molecular flexibility index (Phi) is 4.14. The summed E-state index contributed by atoms with van der Waals surface area (Å²) in [6.07, 6.45) is 0.0600. The van der Waals surface area contributed by atoms with E-state index in [1.54, 1.807) is 0 Å². The standard InChI is InChI=1S/C19H20O3/c1-13(2)12-21-17-9-5-4-8-15(17)19-11-16(20)14-7-3-6-10-18(14)22-19/h3-10,13,19H,11-12H2,1-2H3. The SMILES string of the molecule is CC(C)COc1ccccc1C1CC(=O)c2ccccc2O1. The van der Waals surface area contributed by atoms with E-state index in [2.05, 4.69) is 13.8 Å². The van der Waals surface area contributed by atoms with E-state index in [1.165, 1.54) is 0 Å². The van der Waals surface area contributed by atoms with Crippen LogP contribution in [0, 0.1) is 5.92 Å². The summed E-state index contributed by atoms with van der Waals surface area (Å²) in [5.41, 5.74) is 1.60. The van der Waals surface area contributed by atoms with E-state index in [0.29, 0.717) is 30.3 Å². The molecule has 1 atom stereocenters. The maximum Gasteiger partial charge on any atom is 0.170 e. The van der Waals surface area contributed by atoms with Gasteiger partial charge in [-0.15, -0.1) is 0 Å². The highest BCUT2D eigenvalue weighted by Gasteiger charge is 2.29. The predicted octanol–water partition coefficient (Wildman–Crippen LogP) is 4.43. The summed E-state index contributed by atoms with van der Waals surface area (Å²) in [5, 5.41) is 0. The van der Waals surface area contributed by atoms with Crippen molar-refractivity contribution in [2.24, 2.45) is 5.92 Å². The highest BCUT2D eigenvalue weighted by molar-refractivity contribution is 6.00. The van der Waals surface area contributed by atoms with Crippen LogP contribution in [0.1, 0.15) is 42.3 Å². The quantitative estimate of drug-likeness (QED) is 0.837. The lowest BCUT2D eigenvalue weighted by atomic mass is 9.96. The molecule has 1 heterocycles. The molecule has 0 fully saturated rings. The first-order valence-corrected chi connectivity index (χ1v) is 7.65. The van der Waals surface area contributed by atoms with E-state index < -0.39 is 0 Å². The maximum atomic E-state index is 12.3. The van der Waals surface area contributed by atoms with Crippen molar-refractivity contribution >= 4 is 5.78 Å². The van der Waals surface area contributed by atoms with Gasteiger partial charge in [0, 0.05) is 5.56 Å². The van der Waals surface area contributed by atoms with E-state index >= 15 is 0 Å². The van der Waals surface area contributed by atoms with Gasteiger partial charge in [0.2, 0.25) is 0 Å². The molecule has 22 heavy (non-hydrogen) atoms. The van der Waals surface area contributed by atoms with Crippen molar-refractivity contribution in [1.29, 1.82) is 0 Å². The van der Waals surface area contributed by atoms with E-state index in [9.17, 15) is 4.79 Å². The molecule has 1 aliphatic heterocycles. The third-order valence-corrected chi connectivity index (χ3v) is 3.67. The lowest BCUT2D eigenvalue weighted by Gasteiger charge is -2.27. The van der Waals surface area contributed by atoms with Crippen LogP contribution in [-0.2, 0) is 0 Å². The van der Waals surface area contributed by atoms with Crippen LogP contribution in [0.15, 0.2) is 48.5 Å². The highest BCUT2D eigenvalue weighted by Crippen LogP contribution is 2.38. The summed E-state index contributed by atoms with van der Waals surface area (Å²) in [6.45, 7) is 4.87. The van der Waals surface area contributed by atoms with Gasteiger partial charge in [-0.2, -0.15) is 0 Å².